The Morgan fingerprint density at radius 2 is 0.891 bits per heavy atom. The number of rotatable bonds is 6. The van der Waals surface area contributed by atoms with Gasteiger partial charge >= 0.3 is 0 Å². The number of benzene rings is 7. The zero-order valence-electron chi connectivity index (χ0n) is 29.4. The number of hydrogen-bond acceptors (Lipinski definition) is 5. The Balaban J connectivity index is 1.14. The zero-order chi connectivity index (χ0) is 36.3. The van der Waals surface area contributed by atoms with E-state index < -0.39 is 0 Å². The molecule has 0 unspecified atom stereocenters. The van der Waals surface area contributed by atoms with Crippen molar-refractivity contribution in [3.8, 4) is 57.2 Å². The van der Waals surface area contributed by atoms with E-state index in [9.17, 15) is 0 Å². The monoisotopic (exact) mass is 706 g/mol. The van der Waals surface area contributed by atoms with Gasteiger partial charge in [-0.1, -0.05) is 140 Å². The van der Waals surface area contributed by atoms with Gasteiger partial charge in [-0.3, -0.25) is 9.13 Å². The van der Waals surface area contributed by atoms with Crippen LogP contribution in [0.5, 0.6) is 0 Å². The second-order valence-corrected chi connectivity index (χ2v) is 13.5. The van der Waals surface area contributed by atoms with Gasteiger partial charge in [-0.2, -0.15) is 9.97 Å². The number of hydrogen-bond donors (Lipinski definition) is 1. The standard InChI is InChI=1S/C47H30N8/c1-4-14-30(15-5-1)43-49-44(31-16-6-2-7-17-31)51-47(50-43)55-41-23-13-11-21-37(41)38-27-25-33(29-42(38)55)46-53-52-45(54(46)34-18-8-3-9-19-34)32-24-26-36-35-20-10-12-22-39(35)48-40(36)28-32/h1-29,48H. The largest absolute Gasteiger partial charge is 0.354 e. The van der Waals surface area contributed by atoms with Crippen LogP contribution in [0.4, 0.5) is 0 Å². The molecule has 8 heteroatoms. The molecule has 0 radical (unpaired) electrons. The summed E-state index contributed by atoms with van der Waals surface area (Å²) in [4.78, 5) is 18.8. The average Bonchev–Trinajstić information content (AvgIpc) is 3.96. The van der Waals surface area contributed by atoms with Crippen molar-refractivity contribution in [2.75, 3.05) is 0 Å². The maximum absolute atomic E-state index is 5.13. The van der Waals surface area contributed by atoms with E-state index in [2.05, 4.69) is 111 Å². The highest BCUT2D eigenvalue weighted by atomic mass is 15.3. The van der Waals surface area contributed by atoms with Crippen LogP contribution in [0.25, 0.3) is 101 Å². The van der Waals surface area contributed by atoms with Crippen molar-refractivity contribution in [1.82, 2.24) is 39.3 Å². The Bertz CT molecular complexity index is 3140. The van der Waals surface area contributed by atoms with Crippen LogP contribution in [0.15, 0.2) is 176 Å². The molecule has 1 N–H and O–H groups in total. The van der Waals surface area contributed by atoms with Crippen LogP contribution in [-0.4, -0.2) is 39.3 Å². The molecule has 258 valence electrons. The Morgan fingerprint density at radius 3 is 1.58 bits per heavy atom. The van der Waals surface area contributed by atoms with E-state index in [0.717, 1.165) is 72.4 Å². The average molecular weight is 707 g/mol. The zero-order valence-corrected chi connectivity index (χ0v) is 29.4. The highest BCUT2D eigenvalue weighted by molar-refractivity contribution is 6.10. The van der Waals surface area contributed by atoms with Crippen LogP contribution >= 0.6 is 0 Å². The molecule has 0 aliphatic carbocycles. The third kappa shape index (κ3) is 5.11. The highest BCUT2D eigenvalue weighted by Crippen LogP contribution is 2.37. The predicted octanol–water partition coefficient (Wildman–Crippen LogP) is 10.9. The van der Waals surface area contributed by atoms with Crippen molar-refractivity contribution in [2.24, 2.45) is 0 Å². The first-order chi connectivity index (χ1) is 27.3. The number of fused-ring (bicyclic) bond motifs is 6. The van der Waals surface area contributed by atoms with Gasteiger partial charge in [0.2, 0.25) is 5.95 Å². The van der Waals surface area contributed by atoms with E-state index in [4.69, 9.17) is 25.1 Å². The summed E-state index contributed by atoms with van der Waals surface area (Å²) >= 11 is 0. The van der Waals surface area contributed by atoms with Crippen LogP contribution in [0, 0.1) is 0 Å². The van der Waals surface area contributed by atoms with E-state index in [1.807, 2.05) is 78.9 Å². The van der Waals surface area contributed by atoms with Gasteiger partial charge in [0.1, 0.15) is 0 Å². The van der Waals surface area contributed by atoms with Crippen molar-refractivity contribution in [3.05, 3.63) is 176 Å². The number of H-pyrrole nitrogens is 1. The summed E-state index contributed by atoms with van der Waals surface area (Å²) in [5.74, 6) is 3.22. The van der Waals surface area contributed by atoms with Crippen molar-refractivity contribution >= 4 is 43.6 Å². The molecular formula is C47H30N8. The van der Waals surface area contributed by atoms with E-state index in [1.165, 1.54) is 10.8 Å². The molecule has 0 saturated heterocycles. The fourth-order valence-electron chi connectivity index (χ4n) is 7.70. The Labute approximate surface area is 315 Å². The van der Waals surface area contributed by atoms with Gasteiger partial charge in [-0.05, 0) is 36.4 Å². The highest BCUT2D eigenvalue weighted by Gasteiger charge is 2.22. The van der Waals surface area contributed by atoms with E-state index in [0.29, 0.717) is 17.6 Å². The number of nitrogens with zero attached hydrogens (tertiary/aromatic N) is 7. The third-order valence-electron chi connectivity index (χ3n) is 10.3. The number of nitrogens with one attached hydrogen (secondary N) is 1. The molecule has 4 aromatic heterocycles. The van der Waals surface area contributed by atoms with Crippen molar-refractivity contribution in [2.45, 2.75) is 0 Å². The van der Waals surface area contributed by atoms with Crippen LogP contribution < -0.4 is 0 Å². The lowest BCUT2D eigenvalue weighted by molar-refractivity contribution is 0.953. The van der Waals surface area contributed by atoms with Gasteiger partial charge in [0.05, 0.1) is 11.0 Å². The summed E-state index contributed by atoms with van der Waals surface area (Å²) in [5.41, 5.74) is 8.77. The van der Waals surface area contributed by atoms with Crippen molar-refractivity contribution < 1.29 is 0 Å². The summed E-state index contributed by atoms with van der Waals surface area (Å²) in [6.07, 6.45) is 0. The maximum Gasteiger partial charge on any atom is 0.238 e. The molecular weight excluding hydrogens is 677 g/mol. The van der Waals surface area contributed by atoms with Gasteiger partial charge in [0.25, 0.3) is 0 Å². The van der Waals surface area contributed by atoms with Gasteiger partial charge in [-0.25, -0.2) is 4.98 Å². The molecule has 0 bridgehead atoms. The number of aromatic nitrogens is 8. The fraction of sp³-hybridized carbons (Fsp3) is 0. The first-order valence-corrected chi connectivity index (χ1v) is 18.2. The molecule has 0 fully saturated rings. The molecule has 0 amide bonds. The van der Waals surface area contributed by atoms with Crippen molar-refractivity contribution in [3.63, 3.8) is 0 Å². The minimum Gasteiger partial charge on any atom is -0.354 e. The smallest absolute Gasteiger partial charge is 0.238 e. The first kappa shape index (κ1) is 30.9. The molecule has 0 aliphatic rings. The summed E-state index contributed by atoms with van der Waals surface area (Å²) in [7, 11) is 0. The first-order valence-electron chi connectivity index (χ1n) is 18.2. The van der Waals surface area contributed by atoms with Gasteiger partial charge in [0, 0.05) is 60.5 Å². The lowest BCUT2D eigenvalue weighted by atomic mass is 10.1. The summed E-state index contributed by atoms with van der Waals surface area (Å²) in [6.45, 7) is 0. The Morgan fingerprint density at radius 1 is 0.364 bits per heavy atom. The van der Waals surface area contributed by atoms with E-state index >= 15 is 0 Å². The second-order valence-electron chi connectivity index (χ2n) is 13.5. The van der Waals surface area contributed by atoms with Gasteiger partial charge in [0.15, 0.2) is 23.3 Å². The molecule has 0 spiro atoms. The van der Waals surface area contributed by atoms with Crippen LogP contribution in [0.1, 0.15) is 0 Å². The molecule has 11 rings (SSSR count). The van der Waals surface area contributed by atoms with E-state index in [-0.39, 0.29) is 0 Å². The van der Waals surface area contributed by atoms with E-state index in [1.54, 1.807) is 0 Å². The third-order valence-corrected chi connectivity index (χ3v) is 10.3. The van der Waals surface area contributed by atoms with Crippen LogP contribution in [0.3, 0.4) is 0 Å². The summed E-state index contributed by atoms with van der Waals surface area (Å²) < 4.78 is 4.28. The maximum atomic E-state index is 5.13. The Kier molecular flexibility index (Phi) is 6.99. The lowest BCUT2D eigenvalue weighted by Crippen LogP contribution is -2.06. The van der Waals surface area contributed by atoms with Crippen LogP contribution in [0.2, 0.25) is 0 Å². The molecule has 0 saturated carbocycles. The fourth-order valence-corrected chi connectivity index (χ4v) is 7.70. The van der Waals surface area contributed by atoms with Crippen molar-refractivity contribution in [1.29, 1.82) is 0 Å². The second kappa shape index (κ2) is 12.5. The predicted molar refractivity (Wildman–Crippen MR) is 220 cm³/mol. The lowest BCUT2D eigenvalue weighted by Gasteiger charge is -2.12. The molecule has 8 nitrogen and oxygen atoms in total. The quantitative estimate of drug-likeness (QED) is 0.186. The van der Waals surface area contributed by atoms with Crippen LogP contribution in [-0.2, 0) is 0 Å². The molecule has 4 heterocycles. The van der Waals surface area contributed by atoms with Gasteiger partial charge < -0.3 is 4.98 Å². The summed E-state index contributed by atoms with van der Waals surface area (Å²) in [5, 5.41) is 14.3. The molecule has 0 atom stereocenters. The number of para-hydroxylation sites is 3. The molecule has 11 aromatic rings. The molecule has 0 aliphatic heterocycles. The minimum absolute atomic E-state index is 0.535. The topological polar surface area (TPSA) is 90.1 Å². The normalized spacial score (nSPS) is 11.6. The SMILES string of the molecule is c1ccc(-c2nc(-c3ccccc3)nc(-n3c4ccccc4c4ccc(-c5nnc(-c6ccc7c(c6)[nH]c6ccccc67)n5-c5ccccc5)cc43)n2)cc1. The summed E-state index contributed by atoms with van der Waals surface area (Å²) in [6, 6.07) is 60.1. The molecule has 7 aromatic carbocycles. The number of aromatic amines is 1. The Hall–Kier alpha value is -7.71. The molecule has 55 heavy (non-hydrogen) atoms. The van der Waals surface area contributed by atoms with Gasteiger partial charge in [-0.15, -0.1) is 10.2 Å². The minimum atomic E-state index is 0.535.